The number of rotatable bonds is 5. The molecule has 0 bridgehead atoms. The first-order chi connectivity index (χ1) is 9.58. The molecule has 0 radical (unpaired) electrons. The number of nitrogens with two attached hydrogens (primary N) is 1. The number of fused-ring (bicyclic) bond motifs is 1. The summed E-state index contributed by atoms with van der Waals surface area (Å²) in [5, 5.41) is 3.66. The lowest BCUT2D eigenvalue weighted by atomic mass is 10.2. The quantitative estimate of drug-likeness (QED) is 0.887. The minimum atomic E-state index is -0.185. The lowest BCUT2D eigenvalue weighted by Gasteiger charge is -2.12. The first-order valence-corrected chi connectivity index (χ1v) is 7.05. The van der Waals surface area contributed by atoms with Crippen molar-refractivity contribution in [3.8, 4) is 5.75 Å². The van der Waals surface area contributed by atoms with Gasteiger partial charge in [-0.25, -0.2) is 0 Å². The van der Waals surface area contributed by atoms with Crippen LogP contribution in [0.25, 0.3) is 10.1 Å². The van der Waals surface area contributed by atoms with Gasteiger partial charge in [0.25, 0.3) is 5.91 Å². The summed E-state index contributed by atoms with van der Waals surface area (Å²) in [5.74, 6) is 0.496. The van der Waals surface area contributed by atoms with Crippen molar-refractivity contribution in [2.45, 2.75) is 13.0 Å². The third-order valence-corrected chi connectivity index (χ3v) is 4.10. The van der Waals surface area contributed by atoms with E-state index >= 15 is 0 Å². The second kappa shape index (κ2) is 6.11. The maximum absolute atomic E-state index is 12.2. The van der Waals surface area contributed by atoms with E-state index in [-0.39, 0.29) is 11.9 Å². The molecule has 0 aliphatic rings. The zero-order valence-corrected chi connectivity index (χ0v) is 12.5. The number of nitrogen functional groups attached to an aromatic ring is 1. The summed E-state index contributed by atoms with van der Waals surface area (Å²) in [5.41, 5.74) is 6.57. The molecule has 0 aliphatic carbocycles. The standard InChI is InChI=1S/C14H18N2O3S/c1-8(7-18-2)16-14(17)13-12(15)11-9(19-3)5-4-6-10(11)20-13/h4-6,8H,7,15H2,1-3H3,(H,16,17). The van der Waals surface area contributed by atoms with Crippen LogP contribution in [0.1, 0.15) is 16.6 Å². The summed E-state index contributed by atoms with van der Waals surface area (Å²) < 4.78 is 11.2. The molecule has 2 rings (SSSR count). The molecule has 1 aromatic heterocycles. The summed E-state index contributed by atoms with van der Waals surface area (Å²) in [6, 6.07) is 5.57. The van der Waals surface area contributed by atoms with E-state index in [0.717, 1.165) is 10.1 Å². The highest BCUT2D eigenvalue weighted by atomic mass is 32.1. The molecule has 6 heteroatoms. The molecule has 1 aromatic carbocycles. The number of carbonyl (C=O) groups excluding carboxylic acids is 1. The van der Waals surface area contributed by atoms with Gasteiger partial charge in [0.2, 0.25) is 0 Å². The molecule has 0 spiro atoms. The van der Waals surface area contributed by atoms with Gasteiger partial charge in [-0.1, -0.05) is 6.07 Å². The van der Waals surface area contributed by atoms with Crippen molar-refractivity contribution < 1.29 is 14.3 Å². The molecular formula is C14H18N2O3S. The molecule has 0 saturated heterocycles. The van der Waals surface area contributed by atoms with Crippen LogP contribution in [-0.4, -0.2) is 32.8 Å². The predicted molar refractivity (Wildman–Crippen MR) is 81.6 cm³/mol. The summed E-state index contributed by atoms with van der Waals surface area (Å²) in [4.78, 5) is 12.7. The van der Waals surface area contributed by atoms with E-state index in [0.29, 0.717) is 22.9 Å². The number of ether oxygens (including phenoxy) is 2. The average molecular weight is 294 g/mol. The largest absolute Gasteiger partial charge is 0.496 e. The number of anilines is 1. The number of hydrogen-bond donors (Lipinski definition) is 2. The molecule has 0 fully saturated rings. The van der Waals surface area contributed by atoms with Crippen LogP contribution in [0.2, 0.25) is 0 Å². The van der Waals surface area contributed by atoms with Crippen molar-refractivity contribution in [2.24, 2.45) is 0 Å². The summed E-state index contributed by atoms with van der Waals surface area (Å²) in [6.07, 6.45) is 0. The van der Waals surface area contributed by atoms with Crippen LogP contribution in [0.4, 0.5) is 5.69 Å². The normalized spacial score (nSPS) is 12.3. The van der Waals surface area contributed by atoms with Crippen LogP contribution >= 0.6 is 11.3 Å². The van der Waals surface area contributed by atoms with Gasteiger partial charge >= 0.3 is 0 Å². The van der Waals surface area contributed by atoms with Gasteiger partial charge in [-0.3, -0.25) is 4.79 Å². The third-order valence-electron chi connectivity index (χ3n) is 2.93. The van der Waals surface area contributed by atoms with Gasteiger partial charge in [-0.05, 0) is 19.1 Å². The molecule has 2 aromatic rings. The molecule has 1 atom stereocenters. The summed E-state index contributed by atoms with van der Waals surface area (Å²) >= 11 is 1.36. The van der Waals surface area contributed by atoms with Crippen LogP contribution in [0.5, 0.6) is 5.75 Å². The fourth-order valence-electron chi connectivity index (χ4n) is 2.06. The average Bonchev–Trinajstić information content (AvgIpc) is 2.76. The Morgan fingerprint density at radius 1 is 1.45 bits per heavy atom. The van der Waals surface area contributed by atoms with Gasteiger partial charge in [0.1, 0.15) is 10.6 Å². The molecule has 1 unspecified atom stereocenters. The lowest BCUT2D eigenvalue weighted by Crippen LogP contribution is -2.35. The lowest BCUT2D eigenvalue weighted by molar-refractivity contribution is 0.0910. The Labute approximate surface area is 121 Å². The van der Waals surface area contributed by atoms with Crippen molar-refractivity contribution in [3.05, 3.63) is 23.1 Å². The van der Waals surface area contributed by atoms with E-state index in [1.165, 1.54) is 11.3 Å². The molecular weight excluding hydrogens is 276 g/mol. The number of thiophene rings is 1. The highest BCUT2D eigenvalue weighted by molar-refractivity contribution is 7.21. The molecule has 0 aliphatic heterocycles. The minimum absolute atomic E-state index is 0.0704. The zero-order chi connectivity index (χ0) is 14.7. The Kier molecular flexibility index (Phi) is 4.46. The fraction of sp³-hybridized carbons (Fsp3) is 0.357. The maximum atomic E-state index is 12.2. The molecule has 0 saturated carbocycles. The maximum Gasteiger partial charge on any atom is 0.263 e. The van der Waals surface area contributed by atoms with Gasteiger partial charge in [-0.15, -0.1) is 11.3 Å². The fourth-order valence-corrected chi connectivity index (χ4v) is 3.10. The number of methoxy groups -OCH3 is 2. The van der Waals surface area contributed by atoms with Crippen LogP contribution in [0.15, 0.2) is 18.2 Å². The third kappa shape index (κ3) is 2.71. The monoisotopic (exact) mass is 294 g/mol. The molecule has 1 amide bonds. The number of hydrogen-bond acceptors (Lipinski definition) is 5. The highest BCUT2D eigenvalue weighted by Crippen LogP contribution is 2.39. The minimum Gasteiger partial charge on any atom is -0.496 e. The summed E-state index contributed by atoms with van der Waals surface area (Å²) in [7, 11) is 3.19. The van der Waals surface area contributed by atoms with E-state index < -0.39 is 0 Å². The smallest absolute Gasteiger partial charge is 0.263 e. The molecule has 1 heterocycles. The molecule has 108 valence electrons. The number of carbonyl (C=O) groups is 1. The van der Waals surface area contributed by atoms with Crippen molar-refractivity contribution in [1.29, 1.82) is 0 Å². The Bertz CT molecular complexity index is 624. The van der Waals surface area contributed by atoms with Crippen molar-refractivity contribution in [1.82, 2.24) is 5.32 Å². The first-order valence-electron chi connectivity index (χ1n) is 6.23. The Morgan fingerprint density at radius 3 is 2.85 bits per heavy atom. The van der Waals surface area contributed by atoms with Crippen LogP contribution in [0.3, 0.4) is 0 Å². The SMILES string of the molecule is COCC(C)NC(=O)c1sc2cccc(OC)c2c1N. The number of benzene rings is 1. The molecule has 3 N–H and O–H groups in total. The Balaban J connectivity index is 2.36. The second-order valence-corrected chi connectivity index (χ2v) is 5.56. The van der Waals surface area contributed by atoms with Gasteiger partial charge in [0, 0.05) is 17.9 Å². The molecule has 20 heavy (non-hydrogen) atoms. The van der Waals surface area contributed by atoms with E-state index in [9.17, 15) is 4.79 Å². The van der Waals surface area contributed by atoms with E-state index in [1.54, 1.807) is 14.2 Å². The highest BCUT2D eigenvalue weighted by Gasteiger charge is 2.19. The van der Waals surface area contributed by atoms with E-state index in [1.807, 2.05) is 25.1 Å². The van der Waals surface area contributed by atoms with Crippen LogP contribution < -0.4 is 15.8 Å². The first kappa shape index (κ1) is 14.6. The van der Waals surface area contributed by atoms with Crippen LogP contribution in [-0.2, 0) is 4.74 Å². The zero-order valence-electron chi connectivity index (χ0n) is 11.7. The number of amides is 1. The van der Waals surface area contributed by atoms with Crippen LogP contribution in [0, 0.1) is 0 Å². The predicted octanol–water partition coefficient (Wildman–Crippen LogP) is 2.26. The second-order valence-electron chi connectivity index (χ2n) is 4.51. The van der Waals surface area contributed by atoms with E-state index in [4.69, 9.17) is 15.2 Å². The van der Waals surface area contributed by atoms with Crippen molar-refractivity contribution >= 4 is 33.0 Å². The summed E-state index contributed by atoms with van der Waals surface area (Å²) in [6.45, 7) is 2.34. The Hall–Kier alpha value is -1.79. The van der Waals surface area contributed by atoms with Gasteiger partial charge in [0.15, 0.2) is 0 Å². The number of nitrogens with one attached hydrogen (secondary N) is 1. The van der Waals surface area contributed by atoms with Crippen molar-refractivity contribution in [2.75, 3.05) is 26.6 Å². The topological polar surface area (TPSA) is 73.6 Å². The van der Waals surface area contributed by atoms with Gasteiger partial charge < -0.3 is 20.5 Å². The van der Waals surface area contributed by atoms with Crippen molar-refractivity contribution in [3.63, 3.8) is 0 Å². The Morgan fingerprint density at radius 2 is 2.20 bits per heavy atom. The van der Waals surface area contributed by atoms with E-state index in [2.05, 4.69) is 5.32 Å². The molecule has 5 nitrogen and oxygen atoms in total. The van der Waals surface area contributed by atoms with Gasteiger partial charge in [-0.2, -0.15) is 0 Å². The van der Waals surface area contributed by atoms with Gasteiger partial charge in [0.05, 0.1) is 24.8 Å².